The van der Waals surface area contributed by atoms with Crippen molar-refractivity contribution < 1.29 is 18.7 Å². The number of hydrogen-bond acceptors (Lipinski definition) is 4. The number of aryl methyl sites for hydroxylation is 1. The summed E-state index contributed by atoms with van der Waals surface area (Å²) in [5.41, 5.74) is 0.863. The molecular formula is C14H11NO4. The van der Waals surface area contributed by atoms with Crippen LogP contribution in [-0.4, -0.2) is 16.1 Å². The maximum Gasteiger partial charge on any atom is 0.339 e. The van der Waals surface area contributed by atoms with Gasteiger partial charge in [-0.15, -0.1) is 0 Å². The summed E-state index contributed by atoms with van der Waals surface area (Å²) in [4.78, 5) is 15.3. The molecule has 2 heterocycles. The summed E-state index contributed by atoms with van der Waals surface area (Å²) in [5.74, 6) is 0.588. The van der Waals surface area contributed by atoms with E-state index in [0.29, 0.717) is 17.2 Å². The van der Waals surface area contributed by atoms with E-state index in [2.05, 4.69) is 4.98 Å². The molecule has 0 saturated carbocycles. The molecule has 1 N–H and O–H groups in total. The molecule has 0 amide bonds. The van der Waals surface area contributed by atoms with Crippen LogP contribution in [-0.2, 0) is 6.42 Å². The summed E-state index contributed by atoms with van der Waals surface area (Å²) < 4.78 is 11.1. The highest BCUT2D eigenvalue weighted by molar-refractivity contribution is 6.00. The summed E-state index contributed by atoms with van der Waals surface area (Å²) in [6.07, 6.45) is 0.778. The van der Waals surface area contributed by atoms with Gasteiger partial charge in [-0.25, -0.2) is 9.78 Å². The topological polar surface area (TPSA) is 76.5 Å². The maximum absolute atomic E-state index is 11.1. The molecule has 5 heteroatoms. The first-order chi connectivity index (χ1) is 9.19. The standard InChI is InChI=1S/C14H11NO4/c1-2-8-6-7-11(18-8)13-15-10-5-3-4-9(14(16)17)12(10)19-13/h3-7H,2H2,1H3,(H,16,17). The number of para-hydroxylation sites is 1. The van der Waals surface area contributed by atoms with Crippen molar-refractivity contribution in [3.05, 3.63) is 41.7 Å². The number of oxazole rings is 1. The predicted molar refractivity (Wildman–Crippen MR) is 68.0 cm³/mol. The van der Waals surface area contributed by atoms with Gasteiger partial charge in [-0.3, -0.25) is 0 Å². The van der Waals surface area contributed by atoms with Crippen molar-refractivity contribution in [2.75, 3.05) is 0 Å². The molecule has 0 aliphatic rings. The second kappa shape index (κ2) is 4.28. The molecule has 0 spiro atoms. The maximum atomic E-state index is 11.1. The summed E-state index contributed by atoms with van der Waals surface area (Å²) in [6.45, 7) is 1.98. The number of benzene rings is 1. The molecule has 5 nitrogen and oxygen atoms in total. The molecule has 1 aromatic carbocycles. The Morgan fingerprint density at radius 3 is 2.79 bits per heavy atom. The van der Waals surface area contributed by atoms with Gasteiger partial charge in [0.15, 0.2) is 11.3 Å². The van der Waals surface area contributed by atoms with E-state index in [1.54, 1.807) is 18.2 Å². The smallest absolute Gasteiger partial charge is 0.339 e. The Labute approximate surface area is 108 Å². The van der Waals surface area contributed by atoms with Gasteiger partial charge in [0.25, 0.3) is 5.89 Å². The summed E-state index contributed by atoms with van der Waals surface area (Å²) in [7, 11) is 0. The molecule has 0 aliphatic heterocycles. The monoisotopic (exact) mass is 257 g/mol. The zero-order chi connectivity index (χ0) is 13.4. The van der Waals surface area contributed by atoms with E-state index < -0.39 is 5.97 Å². The average molecular weight is 257 g/mol. The lowest BCUT2D eigenvalue weighted by Gasteiger charge is -1.92. The molecule has 0 aliphatic carbocycles. The predicted octanol–water partition coefficient (Wildman–Crippen LogP) is 3.35. The molecule has 0 fully saturated rings. The van der Waals surface area contributed by atoms with Crippen LogP contribution < -0.4 is 0 Å². The van der Waals surface area contributed by atoms with E-state index in [9.17, 15) is 4.79 Å². The number of aromatic carboxylic acids is 1. The molecule has 19 heavy (non-hydrogen) atoms. The third-order valence-corrected chi connectivity index (χ3v) is 2.87. The molecule has 0 atom stereocenters. The van der Waals surface area contributed by atoms with Crippen LogP contribution in [0.1, 0.15) is 23.0 Å². The lowest BCUT2D eigenvalue weighted by Crippen LogP contribution is -1.95. The SMILES string of the molecule is CCc1ccc(-c2nc3cccc(C(=O)O)c3o2)o1. The number of fused-ring (bicyclic) bond motifs is 1. The van der Waals surface area contributed by atoms with E-state index in [1.165, 1.54) is 6.07 Å². The van der Waals surface area contributed by atoms with Crippen molar-refractivity contribution in [2.45, 2.75) is 13.3 Å². The van der Waals surface area contributed by atoms with Gasteiger partial charge in [0.2, 0.25) is 0 Å². The fraction of sp³-hybridized carbons (Fsp3) is 0.143. The Kier molecular flexibility index (Phi) is 2.59. The lowest BCUT2D eigenvalue weighted by molar-refractivity contribution is 0.0698. The highest BCUT2D eigenvalue weighted by Gasteiger charge is 2.17. The normalized spacial score (nSPS) is 11.0. The molecule has 0 unspecified atom stereocenters. The van der Waals surface area contributed by atoms with Crippen molar-refractivity contribution in [2.24, 2.45) is 0 Å². The second-order valence-electron chi connectivity index (χ2n) is 4.10. The number of carbonyl (C=O) groups is 1. The Balaban J connectivity index is 2.16. The third-order valence-electron chi connectivity index (χ3n) is 2.87. The van der Waals surface area contributed by atoms with E-state index in [0.717, 1.165) is 12.2 Å². The Morgan fingerprint density at radius 1 is 1.26 bits per heavy atom. The fourth-order valence-electron chi connectivity index (χ4n) is 1.91. The molecular weight excluding hydrogens is 246 g/mol. The van der Waals surface area contributed by atoms with Crippen molar-refractivity contribution in [1.29, 1.82) is 0 Å². The van der Waals surface area contributed by atoms with Crippen molar-refractivity contribution in [3.63, 3.8) is 0 Å². The fourth-order valence-corrected chi connectivity index (χ4v) is 1.91. The number of furan rings is 1. The van der Waals surface area contributed by atoms with Crippen LogP contribution >= 0.6 is 0 Å². The molecule has 2 aromatic heterocycles. The van der Waals surface area contributed by atoms with Gasteiger partial charge in [-0.1, -0.05) is 13.0 Å². The zero-order valence-corrected chi connectivity index (χ0v) is 10.2. The Morgan fingerprint density at radius 2 is 2.11 bits per heavy atom. The summed E-state index contributed by atoms with van der Waals surface area (Å²) in [5, 5.41) is 9.09. The minimum atomic E-state index is -1.04. The number of rotatable bonds is 3. The number of carboxylic acids is 1. The zero-order valence-electron chi connectivity index (χ0n) is 10.2. The van der Waals surface area contributed by atoms with Gasteiger partial charge in [-0.05, 0) is 24.3 Å². The Bertz CT molecular complexity index is 754. The van der Waals surface area contributed by atoms with Gasteiger partial charge in [0.1, 0.15) is 16.8 Å². The number of hydrogen-bond donors (Lipinski definition) is 1. The van der Waals surface area contributed by atoms with Crippen LogP contribution in [0.5, 0.6) is 0 Å². The average Bonchev–Trinajstić information content (AvgIpc) is 3.03. The van der Waals surface area contributed by atoms with Gasteiger partial charge < -0.3 is 13.9 Å². The second-order valence-corrected chi connectivity index (χ2v) is 4.10. The van der Waals surface area contributed by atoms with Crippen molar-refractivity contribution >= 4 is 17.1 Å². The van der Waals surface area contributed by atoms with E-state index >= 15 is 0 Å². The van der Waals surface area contributed by atoms with Crippen LogP contribution in [0.25, 0.3) is 22.8 Å². The number of carboxylic acid groups (broad SMARTS) is 1. The molecule has 96 valence electrons. The summed E-state index contributed by atoms with van der Waals surface area (Å²) in [6, 6.07) is 8.45. The Hall–Kier alpha value is -2.56. The van der Waals surface area contributed by atoms with Crippen LogP contribution in [0.2, 0.25) is 0 Å². The third kappa shape index (κ3) is 1.89. The first-order valence-corrected chi connectivity index (χ1v) is 5.91. The van der Waals surface area contributed by atoms with Crippen molar-refractivity contribution in [1.82, 2.24) is 4.98 Å². The van der Waals surface area contributed by atoms with E-state index in [1.807, 2.05) is 13.0 Å². The minimum Gasteiger partial charge on any atom is -0.478 e. The van der Waals surface area contributed by atoms with Crippen molar-refractivity contribution in [3.8, 4) is 11.7 Å². The molecule has 0 radical (unpaired) electrons. The first-order valence-electron chi connectivity index (χ1n) is 5.91. The van der Waals surface area contributed by atoms with Crippen LogP contribution in [0.15, 0.2) is 39.2 Å². The van der Waals surface area contributed by atoms with Gasteiger partial charge in [0, 0.05) is 6.42 Å². The molecule has 3 aromatic rings. The van der Waals surface area contributed by atoms with Gasteiger partial charge in [-0.2, -0.15) is 0 Å². The van der Waals surface area contributed by atoms with Gasteiger partial charge >= 0.3 is 5.97 Å². The first kappa shape index (κ1) is 11.5. The number of nitrogens with zero attached hydrogens (tertiary/aromatic N) is 1. The van der Waals surface area contributed by atoms with Crippen LogP contribution in [0, 0.1) is 0 Å². The molecule has 0 saturated heterocycles. The quantitative estimate of drug-likeness (QED) is 0.778. The highest BCUT2D eigenvalue weighted by Crippen LogP contribution is 2.28. The van der Waals surface area contributed by atoms with E-state index in [4.69, 9.17) is 13.9 Å². The van der Waals surface area contributed by atoms with Crippen LogP contribution in [0.3, 0.4) is 0 Å². The van der Waals surface area contributed by atoms with E-state index in [-0.39, 0.29) is 11.1 Å². The number of aromatic nitrogens is 1. The van der Waals surface area contributed by atoms with Crippen LogP contribution in [0.4, 0.5) is 0 Å². The largest absolute Gasteiger partial charge is 0.478 e. The van der Waals surface area contributed by atoms with Gasteiger partial charge in [0.05, 0.1) is 0 Å². The lowest BCUT2D eigenvalue weighted by atomic mass is 10.2. The molecule has 3 rings (SSSR count). The molecule has 0 bridgehead atoms. The minimum absolute atomic E-state index is 0.0959. The highest BCUT2D eigenvalue weighted by atomic mass is 16.4. The summed E-state index contributed by atoms with van der Waals surface area (Å²) >= 11 is 0.